The molecule has 0 heterocycles. The Balaban J connectivity index is 0.000000225. The van der Waals surface area contributed by atoms with Gasteiger partial charge >= 0.3 is 0 Å². The normalized spacial score (nSPS) is 36.7. The Morgan fingerprint density at radius 3 is 0.944 bits per heavy atom. The Hall–Kier alpha value is -0.160. The molecule has 4 N–H and O–H groups in total. The van der Waals surface area contributed by atoms with Gasteiger partial charge in [0.15, 0.2) is 0 Å². The fourth-order valence-corrected chi connectivity index (χ4v) is 2.56. The van der Waals surface area contributed by atoms with Crippen molar-refractivity contribution in [1.82, 2.24) is 0 Å². The van der Waals surface area contributed by atoms with Crippen LogP contribution in [0.25, 0.3) is 0 Å². The van der Waals surface area contributed by atoms with Gasteiger partial charge in [-0.05, 0) is 25.7 Å². The third kappa shape index (κ3) is 5.22. The van der Waals surface area contributed by atoms with E-state index in [0.29, 0.717) is 25.7 Å². The number of hydrogen-bond donors (Lipinski definition) is 4. The van der Waals surface area contributed by atoms with Crippen LogP contribution < -0.4 is 0 Å². The first-order chi connectivity index (χ1) is 8.54. The molecule has 4 heteroatoms. The minimum Gasteiger partial charge on any atom is -0.393 e. The van der Waals surface area contributed by atoms with Gasteiger partial charge in [-0.3, -0.25) is 0 Å². The van der Waals surface area contributed by atoms with Crippen LogP contribution in [0.3, 0.4) is 0 Å². The highest BCUT2D eigenvalue weighted by atomic mass is 16.3. The molecule has 0 unspecified atom stereocenters. The third-order valence-corrected chi connectivity index (χ3v) is 4.20. The fourth-order valence-electron chi connectivity index (χ4n) is 2.56. The molecule has 0 aromatic heterocycles. The largest absolute Gasteiger partial charge is 0.393 e. The zero-order chi connectivity index (χ0) is 13.5. The molecule has 2 fully saturated rings. The summed E-state index contributed by atoms with van der Waals surface area (Å²) in [5, 5.41) is 36.7. The Morgan fingerprint density at radius 2 is 0.778 bits per heavy atom. The highest BCUT2D eigenvalue weighted by Crippen LogP contribution is 2.34. The van der Waals surface area contributed by atoms with Crippen molar-refractivity contribution in [2.24, 2.45) is 0 Å². The van der Waals surface area contributed by atoms with E-state index >= 15 is 0 Å². The van der Waals surface area contributed by atoms with E-state index in [-0.39, 0.29) is 13.2 Å². The average molecular weight is 260 g/mol. The van der Waals surface area contributed by atoms with Crippen molar-refractivity contribution in [3.8, 4) is 0 Å². The number of aliphatic hydroxyl groups excluding tert-OH is 2. The SMILES string of the molecule is C1CCCCC1.OCC1(O)CCC(O)(CO)CC1. The fraction of sp³-hybridized carbons (Fsp3) is 1.00. The van der Waals surface area contributed by atoms with Crippen molar-refractivity contribution in [2.45, 2.75) is 75.4 Å². The minimum atomic E-state index is -1.04. The quantitative estimate of drug-likeness (QED) is 0.604. The van der Waals surface area contributed by atoms with Crippen molar-refractivity contribution < 1.29 is 20.4 Å². The molecule has 0 radical (unpaired) electrons. The topological polar surface area (TPSA) is 80.9 Å². The van der Waals surface area contributed by atoms with Gasteiger partial charge in [-0.15, -0.1) is 0 Å². The van der Waals surface area contributed by atoms with Crippen molar-refractivity contribution >= 4 is 0 Å². The molecule has 2 aliphatic carbocycles. The summed E-state index contributed by atoms with van der Waals surface area (Å²) in [5.74, 6) is 0. The molecule has 4 nitrogen and oxygen atoms in total. The maximum absolute atomic E-state index is 9.56. The molecule has 0 bridgehead atoms. The first kappa shape index (κ1) is 15.9. The first-order valence-corrected chi connectivity index (χ1v) is 7.20. The summed E-state index contributed by atoms with van der Waals surface area (Å²) in [6.07, 6.45) is 10.4. The summed E-state index contributed by atoms with van der Waals surface area (Å²) in [5.41, 5.74) is -2.08. The second-order valence-electron chi connectivity index (χ2n) is 5.89. The highest BCUT2D eigenvalue weighted by molar-refractivity contribution is 4.92. The molecule has 2 aliphatic rings. The van der Waals surface area contributed by atoms with Crippen molar-refractivity contribution in [2.75, 3.05) is 13.2 Å². The molecular weight excluding hydrogens is 232 g/mol. The Morgan fingerprint density at radius 1 is 0.556 bits per heavy atom. The van der Waals surface area contributed by atoms with E-state index < -0.39 is 11.2 Å². The van der Waals surface area contributed by atoms with Gasteiger partial charge in [0.1, 0.15) is 0 Å². The van der Waals surface area contributed by atoms with Gasteiger partial charge in [-0.1, -0.05) is 38.5 Å². The van der Waals surface area contributed by atoms with Crippen LogP contribution in [0.5, 0.6) is 0 Å². The standard InChI is InChI=1S/C8H16O4.C6H12/c9-5-7(11)1-2-8(12,6-10)4-3-7;1-2-4-6-5-3-1/h9-12H,1-6H2;1-6H2. The second-order valence-corrected chi connectivity index (χ2v) is 5.89. The minimum absolute atomic E-state index is 0.269. The van der Waals surface area contributed by atoms with E-state index in [9.17, 15) is 10.2 Å². The van der Waals surface area contributed by atoms with Crippen LogP contribution >= 0.6 is 0 Å². The summed E-state index contributed by atoms with van der Waals surface area (Å²) < 4.78 is 0. The van der Waals surface area contributed by atoms with Gasteiger partial charge in [-0.2, -0.15) is 0 Å². The average Bonchev–Trinajstić information content (AvgIpc) is 2.45. The Labute approximate surface area is 110 Å². The van der Waals surface area contributed by atoms with E-state index in [4.69, 9.17) is 10.2 Å². The van der Waals surface area contributed by atoms with Crippen molar-refractivity contribution in [3.05, 3.63) is 0 Å². The van der Waals surface area contributed by atoms with E-state index in [1.807, 2.05) is 0 Å². The lowest BCUT2D eigenvalue weighted by atomic mass is 9.77. The van der Waals surface area contributed by atoms with E-state index in [1.54, 1.807) is 0 Å². The van der Waals surface area contributed by atoms with Crippen LogP contribution in [-0.2, 0) is 0 Å². The molecular formula is C14H28O4. The maximum Gasteiger partial charge on any atom is 0.0879 e. The van der Waals surface area contributed by atoms with E-state index in [2.05, 4.69) is 0 Å². The zero-order valence-electron chi connectivity index (χ0n) is 11.3. The lowest BCUT2D eigenvalue weighted by Gasteiger charge is -2.38. The summed E-state index contributed by atoms with van der Waals surface area (Å²) >= 11 is 0. The molecule has 0 aromatic carbocycles. The summed E-state index contributed by atoms with van der Waals surface area (Å²) in [7, 11) is 0. The Kier molecular flexibility index (Phi) is 6.57. The lowest BCUT2D eigenvalue weighted by Crippen LogP contribution is -2.46. The number of aliphatic hydroxyl groups is 4. The number of rotatable bonds is 2. The summed E-state index contributed by atoms with van der Waals surface area (Å²) in [6.45, 7) is -0.539. The molecule has 18 heavy (non-hydrogen) atoms. The highest BCUT2D eigenvalue weighted by Gasteiger charge is 2.39. The van der Waals surface area contributed by atoms with Crippen LogP contribution in [0.15, 0.2) is 0 Å². The van der Waals surface area contributed by atoms with Crippen LogP contribution in [0.2, 0.25) is 0 Å². The molecule has 0 atom stereocenters. The first-order valence-electron chi connectivity index (χ1n) is 7.20. The zero-order valence-corrected chi connectivity index (χ0v) is 11.3. The van der Waals surface area contributed by atoms with E-state index in [0.717, 1.165) is 0 Å². The van der Waals surface area contributed by atoms with Gasteiger partial charge in [0.05, 0.1) is 24.4 Å². The molecule has 0 aromatic rings. The molecule has 2 saturated carbocycles. The molecule has 0 amide bonds. The van der Waals surface area contributed by atoms with Crippen LogP contribution in [0, 0.1) is 0 Å². The van der Waals surface area contributed by atoms with Gasteiger partial charge in [0, 0.05) is 0 Å². The van der Waals surface area contributed by atoms with Gasteiger partial charge in [0.2, 0.25) is 0 Å². The number of hydrogen-bond acceptors (Lipinski definition) is 4. The monoisotopic (exact) mass is 260 g/mol. The second kappa shape index (κ2) is 7.43. The molecule has 108 valence electrons. The third-order valence-electron chi connectivity index (χ3n) is 4.20. The van der Waals surface area contributed by atoms with Crippen molar-refractivity contribution in [1.29, 1.82) is 0 Å². The van der Waals surface area contributed by atoms with E-state index in [1.165, 1.54) is 38.5 Å². The summed E-state index contributed by atoms with van der Waals surface area (Å²) in [4.78, 5) is 0. The predicted octanol–water partition coefficient (Wildman–Crippen LogP) is 1.35. The smallest absolute Gasteiger partial charge is 0.0879 e. The van der Waals surface area contributed by atoms with Gasteiger partial charge in [0.25, 0.3) is 0 Å². The summed E-state index contributed by atoms with van der Waals surface area (Å²) in [6, 6.07) is 0. The predicted molar refractivity (Wildman–Crippen MR) is 70.2 cm³/mol. The molecule has 0 saturated heterocycles. The van der Waals surface area contributed by atoms with Crippen LogP contribution in [0.1, 0.15) is 64.2 Å². The maximum atomic E-state index is 9.56. The van der Waals surface area contributed by atoms with Crippen LogP contribution in [0.4, 0.5) is 0 Å². The molecule has 0 spiro atoms. The lowest BCUT2D eigenvalue weighted by molar-refractivity contribution is -0.117. The van der Waals surface area contributed by atoms with Crippen LogP contribution in [-0.4, -0.2) is 44.8 Å². The molecule has 2 rings (SSSR count). The van der Waals surface area contributed by atoms with Gasteiger partial charge < -0.3 is 20.4 Å². The van der Waals surface area contributed by atoms with Crippen molar-refractivity contribution in [3.63, 3.8) is 0 Å². The Bertz CT molecular complexity index is 188. The molecule has 0 aliphatic heterocycles. The van der Waals surface area contributed by atoms with Gasteiger partial charge in [-0.25, -0.2) is 0 Å².